The number of nitrogens with zero attached hydrogens (tertiary/aromatic N) is 3. The Morgan fingerprint density at radius 2 is 1.38 bits per heavy atom. The molecule has 0 aliphatic carbocycles. The maximum Gasteiger partial charge on any atom is 0.408 e. The van der Waals surface area contributed by atoms with Crippen LogP contribution < -0.4 is 43.0 Å². The minimum atomic E-state index is -1.34. The summed E-state index contributed by atoms with van der Waals surface area (Å²) in [6, 6.07) is 8.69. The van der Waals surface area contributed by atoms with Crippen molar-refractivity contribution in [3.63, 3.8) is 0 Å². The van der Waals surface area contributed by atoms with Crippen molar-refractivity contribution in [1.82, 2.24) is 46.6 Å². The van der Waals surface area contributed by atoms with Crippen molar-refractivity contribution in [3.8, 4) is 0 Å². The number of hydrogen-bond acceptors (Lipinski definition) is 16. The molecule has 0 unspecified atom stereocenters. The zero-order chi connectivity index (χ0) is 68.9. The Kier molecular flexibility index (Phi) is 32.9. The molecule has 0 saturated carbocycles. The van der Waals surface area contributed by atoms with Crippen LogP contribution in [0.25, 0.3) is 0 Å². The van der Waals surface area contributed by atoms with Gasteiger partial charge >= 0.3 is 12.1 Å². The molecule has 0 aromatic heterocycles. The molecule has 27 nitrogen and oxygen atoms in total. The fraction of sp³-hybridized carbons (Fsp3) is 0.621. The third-order valence-corrected chi connectivity index (χ3v) is 17.1. The van der Waals surface area contributed by atoms with Crippen LogP contribution in [0, 0.1) is 23.7 Å². The summed E-state index contributed by atoms with van der Waals surface area (Å²) in [6.45, 7) is 12.3. The average molecular weight is 1300 g/mol. The van der Waals surface area contributed by atoms with E-state index in [0.29, 0.717) is 62.7 Å². The number of benzene rings is 2. The van der Waals surface area contributed by atoms with Crippen molar-refractivity contribution in [2.45, 2.75) is 187 Å². The first-order valence-corrected chi connectivity index (χ1v) is 32.3. The number of rotatable bonds is 40. The molecule has 27 heteroatoms. The van der Waals surface area contributed by atoms with Crippen LogP contribution in [0.2, 0.25) is 0 Å². The number of urea groups is 1. The molecule has 4 rings (SSSR count). The minimum absolute atomic E-state index is 0.0700. The highest BCUT2D eigenvalue weighted by atomic mass is 16.5. The number of aliphatic hydroxyl groups is 2. The number of unbranched alkanes of at least 4 members (excludes halogenated alkanes) is 2. The number of primary amides is 1. The molecule has 12 amide bonds. The van der Waals surface area contributed by atoms with Crippen LogP contribution in [0.4, 0.5) is 15.3 Å². The second-order valence-corrected chi connectivity index (χ2v) is 24.6. The largest absolute Gasteiger partial charge is 0.445 e. The van der Waals surface area contributed by atoms with Crippen LogP contribution in [0.5, 0.6) is 0 Å². The molecule has 1 fully saturated rings. The van der Waals surface area contributed by atoms with E-state index in [4.69, 9.17) is 19.9 Å². The lowest BCUT2D eigenvalue weighted by atomic mass is 9.89. The lowest BCUT2D eigenvalue weighted by Crippen LogP contribution is -2.59. The number of likely N-dealkylation sites (N-methyl/N-ethyl adjacent to an activating group) is 1. The van der Waals surface area contributed by atoms with Crippen LogP contribution in [-0.2, 0) is 70.4 Å². The van der Waals surface area contributed by atoms with Gasteiger partial charge in [-0.15, -0.1) is 0 Å². The van der Waals surface area contributed by atoms with Crippen molar-refractivity contribution in [3.05, 3.63) is 77.9 Å². The SMILES string of the molecule is CC[C@H](C)[C@@H]([C@@H](CC(=O)N1CCC[C@H]1[C@H](OC)[C@@H](C)C(=O)N[C@H](CO)Cc1ccccc1)OC)N(C)C(=O)[C@@H](NC(=O)[C@H](CCO)NC(=O)OCc1ccc(NC(=O)[C@H](CCCNC(N)=O)NC(=O)[C@@H](NC(=O)CCCCCN2C(=O)C=CC2=O)C(C)C)cc1)C(C)C. The number of imide groups is 1. The Bertz CT molecular complexity index is 2810. The van der Waals surface area contributed by atoms with Crippen molar-refractivity contribution in [1.29, 1.82) is 0 Å². The van der Waals surface area contributed by atoms with Gasteiger partial charge in [-0.1, -0.05) is 104 Å². The van der Waals surface area contributed by atoms with E-state index < -0.39 is 115 Å². The van der Waals surface area contributed by atoms with Crippen LogP contribution in [0.15, 0.2) is 66.7 Å². The second-order valence-electron chi connectivity index (χ2n) is 24.6. The normalized spacial score (nSPS) is 17.0. The summed E-state index contributed by atoms with van der Waals surface area (Å²) in [5.74, 6) is -5.96. The third kappa shape index (κ3) is 24.4. The second kappa shape index (κ2) is 39.5. The van der Waals surface area contributed by atoms with Gasteiger partial charge in [0.05, 0.1) is 49.3 Å². The van der Waals surface area contributed by atoms with Crippen molar-refractivity contribution in [2.24, 2.45) is 29.4 Å². The fourth-order valence-corrected chi connectivity index (χ4v) is 11.5. The van der Waals surface area contributed by atoms with E-state index in [0.717, 1.165) is 10.5 Å². The quantitative estimate of drug-likeness (QED) is 0.0339. The molecule has 11 N–H and O–H groups in total. The molecular formula is C66H101N11O16. The molecule has 0 bridgehead atoms. The number of likely N-dealkylation sites (tertiary alicyclic amines) is 1. The van der Waals surface area contributed by atoms with Gasteiger partial charge in [0.25, 0.3) is 11.8 Å². The number of nitrogens with two attached hydrogens (primary N) is 1. The molecule has 11 atom stereocenters. The van der Waals surface area contributed by atoms with Crippen LogP contribution in [0.1, 0.15) is 130 Å². The topological polar surface area (TPSA) is 376 Å². The molecule has 93 heavy (non-hydrogen) atoms. The molecule has 2 aliphatic heterocycles. The van der Waals surface area contributed by atoms with Crippen molar-refractivity contribution < 1.29 is 77.2 Å². The number of aliphatic hydroxyl groups excluding tert-OH is 2. The molecule has 0 radical (unpaired) electrons. The molecule has 2 heterocycles. The highest BCUT2D eigenvalue weighted by Crippen LogP contribution is 2.30. The van der Waals surface area contributed by atoms with Crippen LogP contribution in [0.3, 0.4) is 0 Å². The van der Waals surface area contributed by atoms with E-state index in [2.05, 4.69) is 37.2 Å². The van der Waals surface area contributed by atoms with Crippen molar-refractivity contribution in [2.75, 3.05) is 59.4 Å². The van der Waals surface area contributed by atoms with E-state index in [-0.39, 0.29) is 93.9 Å². The first-order chi connectivity index (χ1) is 44.3. The van der Waals surface area contributed by atoms with Crippen LogP contribution >= 0.6 is 0 Å². The Morgan fingerprint density at radius 1 is 0.720 bits per heavy atom. The summed E-state index contributed by atoms with van der Waals surface area (Å²) in [7, 11) is 4.57. The predicted octanol–water partition coefficient (Wildman–Crippen LogP) is 2.94. The summed E-state index contributed by atoms with van der Waals surface area (Å²) in [4.78, 5) is 150. The molecule has 0 spiro atoms. The fourth-order valence-electron chi connectivity index (χ4n) is 11.5. The standard InChI is InChI=1S/C66H101N11O16/c1-11-42(6)58(51(91-9)37-55(83)76-34-19-23-50(76)59(92-10)43(7)60(84)70-47(38-79)36-44-20-14-12-15-21-44)75(8)64(88)57(41(4)5)74-62(86)49(31-35-78)72-66(90)93-39-45-25-27-46(28-26-45)69-61(85)48(22-18-32-68-65(67)89)71-63(87)56(40(2)3)73-52(80)24-16-13-17-33-77-53(81)29-30-54(77)82/h12,14-15,20-21,25-30,40-43,47-51,56-59,78-79H,11,13,16-19,22-24,31-39H2,1-10H3,(H,69,85)(H,70,84)(H,71,87)(H,72,90)(H,73,80)(H,74,86)(H3,67,68,89)/t42-,43+,47-,48-,49-,50-,51+,56-,57-,58-,59+/m0/s1. The summed E-state index contributed by atoms with van der Waals surface area (Å²) in [5.41, 5.74) is 6.96. The highest BCUT2D eigenvalue weighted by molar-refractivity contribution is 6.12. The zero-order valence-corrected chi connectivity index (χ0v) is 55.6. The zero-order valence-electron chi connectivity index (χ0n) is 55.6. The number of hydrogen-bond donors (Lipinski definition) is 10. The summed E-state index contributed by atoms with van der Waals surface area (Å²) in [6.07, 6.45) is 3.73. The summed E-state index contributed by atoms with van der Waals surface area (Å²) in [5, 5.41) is 39.1. The number of alkyl carbamates (subject to hydrolysis) is 1. The van der Waals surface area contributed by atoms with Crippen molar-refractivity contribution >= 4 is 71.0 Å². The first kappa shape index (κ1) is 77.4. The number of nitrogens with one attached hydrogen (secondary N) is 7. The number of carbonyl (C=O) groups excluding carboxylic acids is 11. The Balaban J connectivity index is 1.35. The summed E-state index contributed by atoms with van der Waals surface area (Å²) < 4.78 is 17.5. The van der Waals surface area contributed by atoms with E-state index >= 15 is 0 Å². The van der Waals surface area contributed by atoms with Gasteiger partial charge in [-0.3, -0.25) is 48.1 Å². The third-order valence-electron chi connectivity index (χ3n) is 17.1. The minimum Gasteiger partial charge on any atom is -0.445 e. The van der Waals surface area contributed by atoms with Gasteiger partial charge in [-0.2, -0.15) is 0 Å². The van der Waals surface area contributed by atoms with E-state index in [9.17, 15) is 63.0 Å². The average Bonchev–Trinajstić information content (AvgIpc) is 1.99. The van der Waals surface area contributed by atoms with Gasteiger partial charge in [-0.05, 0) is 92.4 Å². The maximum absolute atomic E-state index is 14.7. The molecule has 516 valence electrons. The van der Waals surface area contributed by atoms with Gasteiger partial charge in [-0.25, -0.2) is 9.59 Å². The molecule has 2 aromatic rings. The predicted molar refractivity (Wildman–Crippen MR) is 346 cm³/mol. The van der Waals surface area contributed by atoms with E-state index in [1.165, 1.54) is 43.4 Å². The lowest BCUT2D eigenvalue weighted by Gasteiger charge is -2.41. The van der Waals surface area contributed by atoms with Gasteiger partial charge < -0.3 is 77.2 Å². The number of methoxy groups -OCH3 is 2. The number of carbonyl (C=O) groups is 11. The molecular weight excluding hydrogens is 1200 g/mol. The van der Waals surface area contributed by atoms with Gasteiger partial charge in [0.15, 0.2) is 0 Å². The number of amides is 12. The van der Waals surface area contributed by atoms with Crippen LogP contribution in [-0.4, -0.2) is 199 Å². The molecule has 2 aliphatic rings. The van der Waals surface area contributed by atoms with Gasteiger partial charge in [0, 0.05) is 71.8 Å². The lowest BCUT2D eigenvalue weighted by molar-refractivity contribution is -0.147. The summed E-state index contributed by atoms with van der Waals surface area (Å²) >= 11 is 0. The monoisotopic (exact) mass is 1300 g/mol. The Hall–Kier alpha value is -8.01. The number of ether oxygens (including phenoxy) is 3. The number of anilines is 1. The van der Waals surface area contributed by atoms with Gasteiger partial charge in [0.1, 0.15) is 30.8 Å². The van der Waals surface area contributed by atoms with E-state index in [1.807, 2.05) is 44.2 Å². The Labute approximate surface area is 546 Å². The van der Waals surface area contributed by atoms with E-state index in [1.54, 1.807) is 58.7 Å². The Morgan fingerprint density at radius 3 is 1.97 bits per heavy atom. The smallest absolute Gasteiger partial charge is 0.408 e. The highest BCUT2D eigenvalue weighted by Gasteiger charge is 2.43. The van der Waals surface area contributed by atoms with Gasteiger partial charge in [0.2, 0.25) is 41.4 Å². The maximum atomic E-state index is 14.7. The molecule has 1 saturated heterocycles. The molecule has 2 aromatic carbocycles. The first-order valence-electron chi connectivity index (χ1n) is 32.3.